The van der Waals surface area contributed by atoms with E-state index in [9.17, 15) is 14.4 Å². The summed E-state index contributed by atoms with van der Waals surface area (Å²) in [5.41, 5.74) is 3.25. The summed E-state index contributed by atoms with van der Waals surface area (Å²) in [5, 5.41) is 6.40. The van der Waals surface area contributed by atoms with Crippen molar-refractivity contribution in [2.24, 2.45) is 0 Å². The van der Waals surface area contributed by atoms with Gasteiger partial charge in [-0.1, -0.05) is 36.4 Å². The SMILES string of the molecule is O=C(Nc1cc(C(=O)N2CCCNCC2)ccc1N1CCCN(C(=O)c2ccccc2)CC1)c1ccccc1. The van der Waals surface area contributed by atoms with E-state index in [-0.39, 0.29) is 17.7 Å². The second-order valence-electron chi connectivity index (χ2n) is 9.95. The van der Waals surface area contributed by atoms with Gasteiger partial charge in [-0.3, -0.25) is 14.4 Å². The van der Waals surface area contributed by atoms with E-state index in [0.717, 1.165) is 38.2 Å². The van der Waals surface area contributed by atoms with E-state index in [2.05, 4.69) is 15.5 Å². The molecule has 202 valence electrons. The second-order valence-corrected chi connectivity index (χ2v) is 9.95. The molecule has 0 unspecified atom stereocenters. The second kappa shape index (κ2) is 12.6. The van der Waals surface area contributed by atoms with Crippen LogP contribution in [-0.2, 0) is 0 Å². The fraction of sp³-hybridized carbons (Fsp3) is 0.323. The maximum Gasteiger partial charge on any atom is 0.255 e. The molecule has 0 spiro atoms. The van der Waals surface area contributed by atoms with E-state index >= 15 is 0 Å². The lowest BCUT2D eigenvalue weighted by molar-refractivity contribution is 0.0759. The normalized spacial score (nSPS) is 16.3. The zero-order valence-corrected chi connectivity index (χ0v) is 22.1. The molecule has 2 saturated heterocycles. The van der Waals surface area contributed by atoms with Crippen LogP contribution in [0.1, 0.15) is 43.9 Å². The number of nitrogens with zero attached hydrogens (tertiary/aromatic N) is 3. The van der Waals surface area contributed by atoms with Gasteiger partial charge in [0.2, 0.25) is 0 Å². The fourth-order valence-corrected chi connectivity index (χ4v) is 5.19. The van der Waals surface area contributed by atoms with Crippen molar-refractivity contribution in [3.05, 3.63) is 95.6 Å². The van der Waals surface area contributed by atoms with Gasteiger partial charge in [-0.15, -0.1) is 0 Å². The highest BCUT2D eigenvalue weighted by molar-refractivity contribution is 6.07. The standard InChI is InChI=1S/C31H35N5O3/c37-29(24-9-3-1-4-10-24)33-27-23-26(31(39)35-17-7-15-32-16-20-35)13-14-28(27)34-18-8-19-36(22-21-34)30(38)25-11-5-2-6-12-25/h1-6,9-14,23,32H,7-8,15-22H2,(H,33,37). The lowest BCUT2D eigenvalue weighted by atomic mass is 10.1. The third-order valence-electron chi connectivity index (χ3n) is 7.30. The Labute approximate surface area is 229 Å². The summed E-state index contributed by atoms with van der Waals surface area (Å²) in [6.07, 6.45) is 1.71. The monoisotopic (exact) mass is 525 g/mol. The third kappa shape index (κ3) is 6.46. The molecule has 2 heterocycles. The number of anilines is 2. The lowest BCUT2D eigenvalue weighted by Gasteiger charge is -2.27. The summed E-state index contributed by atoms with van der Waals surface area (Å²) in [6.45, 7) is 5.63. The lowest BCUT2D eigenvalue weighted by Crippen LogP contribution is -2.35. The highest BCUT2D eigenvalue weighted by Gasteiger charge is 2.24. The van der Waals surface area contributed by atoms with Gasteiger partial charge in [0.05, 0.1) is 11.4 Å². The zero-order chi connectivity index (χ0) is 27.0. The van der Waals surface area contributed by atoms with Crippen molar-refractivity contribution < 1.29 is 14.4 Å². The van der Waals surface area contributed by atoms with E-state index in [1.807, 2.05) is 70.5 Å². The summed E-state index contributed by atoms with van der Waals surface area (Å²) in [4.78, 5) is 45.6. The quantitative estimate of drug-likeness (QED) is 0.530. The van der Waals surface area contributed by atoms with Gasteiger partial charge in [0, 0.05) is 62.5 Å². The van der Waals surface area contributed by atoms with E-state index in [4.69, 9.17) is 0 Å². The Balaban J connectivity index is 1.39. The molecule has 0 radical (unpaired) electrons. The number of amides is 3. The summed E-state index contributed by atoms with van der Waals surface area (Å²) in [7, 11) is 0. The first-order chi connectivity index (χ1) is 19.1. The molecule has 2 aliphatic rings. The van der Waals surface area contributed by atoms with E-state index in [1.165, 1.54) is 0 Å². The van der Waals surface area contributed by atoms with Gasteiger partial charge >= 0.3 is 0 Å². The molecular weight excluding hydrogens is 490 g/mol. The predicted molar refractivity (Wildman–Crippen MR) is 153 cm³/mol. The van der Waals surface area contributed by atoms with Gasteiger partial charge in [0.1, 0.15) is 0 Å². The predicted octanol–water partition coefficient (Wildman–Crippen LogP) is 3.73. The van der Waals surface area contributed by atoms with E-state index < -0.39 is 0 Å². The summed E-state index contributed by atoms with van der Waals surface area (Å²) in [6, 6.07) is 24.0. The van der Waals surface area contributed by atoms with Crippen LogP contribution in [0.3, 0.4) is 0 Å². The molecule has 39 heavy (non-hydrogen) atoms. The Morgan fingerprint density at radius 1 is 0.615 bits per heavy atom. The van der Waals surface area contributed by atoms with E-state index in [0.29, 0.717) is 55.1 Å². The molecule has 0 aromatic heterocycles. The molecular formula is C31H35N5O3. The molecule has 3 aromatic carbocycles. The molecule has 2 fully saturated rings. The molecule has 2 N–H and O–H groups in total. The van der Waals surface area contributed by atoms with Crippen LogP contribution in [0.5, 0.6) is 0 Å². The van der Waals surface area contributed by atoms with Crippen LogP contribution in [0.4, 0.5) is 11.4 Å². The highest BCUT2D eigenvalue weighted by Crippen LogP contribution is 2.30. The number of rotatable bonds is 5. The fourth-order valence-electron chi connectivity index (χ4n) is 5.19. The van der Waals surface area contributed by atoms with Gasteiger partial charge in [0.25, 0.3) is 17.7 Å². The number of nitrogens with one attached hydrogen (secondary N) is 2. The number of carbonyl (C=O) groups excluding carboxylic acids is 3. The van der Waals surface area contributed by atoms with Crippen molar-refractivity contribution in [1.82, 2.24) is 15.1 Å². The smallest absolute Gasteiger partial charge is 0.255 e. The molecule has 0 bridgehead atoms. The Hall–Kier alpha value is -4.17. The van der Waals surface area contributed by atoms with Gasteiger partial charge in [-0.05, 0) is 61.9 Å². The minimum atomic E-state index is -0.226. The summed E-state index contributed by atoms with van der Waals surface area (Å²) >= 11 is 0. The molecule has 3 aromatic rings. The molecule has 8 heteroatoms. The molecule has 8 nitrogen and oxygen atoms in total. The molecule has 5 rings (SSSR count). The molecule has 3 amide bonds. The van der Waals surface area contributed by atoms with Gasteiger partial charge < -0.3 is 25.3 Å². The summed E-state index contributed by atoms with van der Waals surface area (Å²) in [5.74, 6) is -0.227. The maximum atomic E-state index is 13.4. The van der Waals surface area contributed by atoms with Gasteiger partial charge in [-0.2, -0.15) is 0 Å². The number of benzene rings is 3. The van der Waals surface area contributed by atoms with Crippen LogP contribution in [0.15, 0.2) is 78.9 Å². The number of hydrogen-bond donors (Lipinski definition) is 2. The van der Waals surface area contributed by atoms with Crippen LogP contribution < -0.4 is 15.5 Å². The van der Waals surface area contributed by atoms with Crippen LogP contribution >= 0.6 is 0 Å². The Morgan fingerprint density at radius 2 is 1.28 bits per heavy atom. The van der Waals surface area contributed by atoms with Crippen LogP contribution in [0.2, 0.25) is 0 Å². The van der Waals surface area contributed by atoms with Crippen LogP contribution in [-0.4, -0.2) is 79.9 Å². The first-order valence-electron chi connectivity index (χ1n) is 13.7. The zero-order valence-electron chi connectivity index (χ0n) is 22.1. The minimum absolute atomic E-state index is 0.0305. The average Bonchev–Trinajstić information content (AvgIpc) is 3.41. The Bertz CT molecular complexity index is 1290. The first-order valence-corrected chi connectivity index (χ1v) is 13.7. The maximum absolute atomic E-state index is 13.4. The molecule has 2 aliphatic heterocycles. The van der Waals surface area contributed by atoms with Crippen molar-refractivity contribution in [3.63, 3.8) is 0 Å². The van der Waals surface area contributed by atoms with Gasteiger partial charge in [0.15, 0.2) is 0 Å². The van der Waals surface area contributed by atoms with Gasteiger partial charge in [-0.25, -0.2) is 0 Å². The third-order valence-corrected chi connectivity index (χ3v) is 7.30. The Kier molecular flexibility index (Phi) is 8.53. The number of carbonyl (C=O) groups is 3. The minimum Gasteiger partial charge on any atom is -0.368 e. The summed E-state index contributed by atoms with van der Waals surface area (Å²) < 4.78 is 0. The topological polar surface area (TPSA) is 85.0 Å². The first kappa shape index (κ1) is 26.4. The largest absolute Gasteiger partial charge is 0.368 e. The van der Waals surface area contributed by atoms with Crippen molar-refractivity contribution in [2.45, 2.75) is 12.8 Å². The van der Waals surface area contributed by atoms with Crippen molar-refractivity contribution in [1.29, 1.82) is 0 Å². The highest BCUT2D eigenvalue weighted by atomic mass is 16.2. The number of hydrogen-bond acceptors (Lipinski definition) is 5. The molecule has 0 saturated carbocycles. The van der Waals surface area contributed by atoms with Crippen molar-refractivity contribution >= 4 is 29.1 Å². The van der Waals surface area contributed by atoms with Crippen LogP contribution in [0, 0.1) is 0 Å². The average molecular weight is 526 g/mol. The molecule has 0 aliphatic carbocycles. The Morgan fingerprint density at radius 3 is 2.05 bits per heavy atom. The van der Waals surface area contributed by atoms with Crippen LogP contribution in [0.25, 0.3) is 0 Å². The van der Waals surface area contributed by atoms with E-state index in [1.54, 1.807) is 18.2 Å². The van der Waals surface area contributed by atoms with Crippen molar-refractivity contribution in [2.75, 3.05) is 62.6 Å². The van der Waals surface area contributed by atoms with Crippen molar-refractivity contribution in [3.8, 4) is 0 Å². The molecule has 0 atom stereocenters.